The van der Waals surface area contributed by atoms with Gasteiger partial charge in [0.2, 0.25) is 21.8 Å². The fourth-order valence-corrected chi connectivity index (χ4v) is 4.63. The maximum absolute atomic E-state index is 13.2. The molecule has 2 amide bonds. The average molecular weight is 510 g/mol. The van der Waals surface area contributed by atoms with Crippen LogP contribution in [0.2, 0.25) is 5.02 Å². The van der Waals surface area contributed by atoms with E-state index in [2.05, 4.69) is 5.32 Å². The second-order valence-corrected chi connectivity index (χ2v) is 10.1. The number of amides is 2. The lowest BCUT2D eigenvalue weighted by atomic mass is 10.1. The van der Waals surface area contributed by atoms with Crippen LogP contribution in [0, 0.1) is 0 Å². The van der Waals surface area contributed by atoms with Crippen LogP contribution in [0.3, 0.4) is 0 Å². The first-order valence-corrected chi connectivity index (χ1v) is 13.2. The molecular formula is C24H32ClN3O5S. The summed E-state index contributed by atoms with van der Waals surface area (Å²) in [7, 11) is -2.03. The first-order valence-electron chi connectivity index (χ1n) is 11.0. The molecule has 0 aromatic heterocycles. The second-order valence-electron chi connectivity index (χ2n) is 7.82. The van der Waals surface area contributed by atoms with Crippen molar-refractivity contribution in [3.63, 3.8) is 0 Å². The zero-order valence-electron chi connectivity index (χ0n) is 20.0. The number of sulfonamides is 1. The molecule has 0 spiro atoms. The van der Waals surface area contributed by atoms with Gasteiger partial charge in [0, 0.05) is 31.1 Å². The molecule has 1 N–H and O–H groups in total. The summed E-state index contributed by atoms with van der Waals surface area (Å²) in [6, 6.07) is 13.1. The number of carbonyl (C=O) groups is 2. The number of methoxy groups -OCH3 is 1. The van der Waals surface area contributed by atoms with Gasteiger partial charge < -0.3 is 15.0 Å². The number of nitrogens with one attached hydrogen (secondary N) is 1. The zero-order valence-corrected chi connectivity index (χ0v) is 21.5. The Morgan fingerprint density at radius 3 is 2.32 bits per heavy atom. The van der Waals surface area contributed by atoms with Crippen LogP contribution in [-0.4, -0.2) is 57.6 Å². The second kappa shape index (κ2) is 12.6. The van der Waals surface area contributed by atoms with Crippen molar-refractivity contribution in [3.8, 4) is 5.75 Å². The largest absolute Gasteiger partial charge is 0.497 e. The Balaban J connectivity index is 2.15. The predicted molar refractivity (Wildman–Crippen MR) is 135 cm³/mol. The molecule has 10 heteroatoms. The lowest BCUT2D eigenvalue weighted by Crippen LogP contribution is -2.47. The van der Waals surface area contributed by atoms with E-state index in [1.165, 1.54) is 16.3 Å². The molecule has 0 aliphatic carbocycles. The fraction of sp³-hybridized carbons (Fsp3) is 0.417. The maximum Gasteiger partial charge on any atom is 0.242 e. The normalized spacial score (nSPS) is 12.0. The summed E-state index contributed by atoms with van der Waals surface area (Å²) >= 11 is 6.28. The summed E-state index contributed by atoms with van der Waals surface area (Å²) < 4.78 is 31.1. The van der Waals surface area contributed by atoms with Crippen molar-refractivity contribution in [1.82, 2.24) is 10.2 Å². The topological polar surface area (TPSA) is 96.0 Å². The van der Waals surface area contributed by atoms with Crippen LogP contribution in [0.4, 0.5) is 5.69 Å². The molecule has 2 aromatic rings. The number of halogens is 1. The van der Waals surface area contributed by atoms with Crippen molar-refractivity contribution in [2.75, 3.05) is 30.8 Å². The third-order valence-electron chi connectivity index (χ3n) is 5.33. The Kier molecular flexibility index (Phi) is 10.2. The fourth-order valence-electron chi connectivity index (χ4n) is 3.47. The van der Waals surface area contributed by atoms with Gasteiger partial charge in [0.05, 0.1) is 19.1 Å². The van der Waals surface area contributed by atoms with Crippen LogP contribution in [0.25, 0.3) is 0 Å². The quantitative estimate of drug-likeness (QED) is 0.472. The molecule has 1 atom stereocenters. The molecule has 34 heavy (non-hydrogen) atoms. The number of hydrogen-bond donors (Lipinski definition) is 1. The third-order valence-corrected chi connectivity index (χ3v) is 6.89. The van der Waals surface area contributed by atoms with E-state index in [1.54, 1.807) is 43.3 Å². The van der Waals surface area contributed by atoms with E-state index in [0.29, 0.717) is 23.0 Å². The molecule has 0 radical (unpaired) electrons. The van der Waals surface area contributed by atoms with Crippen LogP contribution in [0.15, 0.2) is 48.5 Å². The lowest BCUT2D eigenvalue weighted by Gasteiger charge is -2.29. The van der Waals surface area contributed by atoms with Gasteiger partial charge in [0.15, 0.2) is 0 Å². The molecule has 0 aliphatic rings. The van der Waals surface area contributed by atoms with E-state index in [4.69, 9.17) is 16.3 Å². The molecule has 0 aliphatic heterocycles. The van der Waals surface area contributed by atoms with Gasteiger partial charge in [-0.25, -0.2) is 8.42 Å². The first-order chi connectivity index (χ1) is 16.1. The number of hydrogen-bond acceptors (Lipinski definition) is 5. The summed E-state index contributed by atoms with van der Waals surface area (Å²) in [5, 5.41) is 3.25. The number of ether oxygens (including phenoxy) is 1. The molecule has 8 nitrogen and oxygen atoms in total. The molecule has 0 bridgehead atoms. The third kappa shape index (κ3) is 7.63. The Labute approximate surface area is 206 Å². The SMILES string of the molecule is CCNC(=O)C(C)N(Cc1ccccc1Cl)C(=O)CCCN(c1ccc(OC)cc1)S(C)(=O)=O. The van der Waals surface area contributed by atoms with Gasteiger partial charge in [0.1, 0.15) is 11.8 Å². The van der Waals surface area contributed by atoms with Gasteiger partial charge in [-0.15, -0.1) is 0 Å². The van der Waals surface area contributed by atoms with Crippen molar-refractivity contribution < 1.29 is 22.7 Å². The highest BCUT2D eigenvalue weighted by molar-refractivity contribution is 7.92. The van der Waals surface area contributed by atoms with Gasteiger partial charge in [0.25, 0.3) is 0 Å². The van der Waals surface area contributed by atoms with Crippen LogP contribution >= 0.6 is 11.6 Å². The molecule has 2 aromatic carbocycles. The molecule has 0 saturated carbocycles. The number of carbonyl (C=O) groups excluding carboxylic acids is 2. The highest BCUT2D eigenvalue weighted by Crippen LogP contribution is 2.23. The maximum atomic E-state index is 13.2. The Morgan fingerprint density at radius 2 is 1.76 bits per heavy atom. The molecular weight excluding hydrogens is 478 g/mol. The van der Waals surface area contributed by atoms with Gasteiger partial charge in [-0.1, -0.05) is 29.8 Å². The number of likely N-dealkylation sites (N-methyl/N-ethyl adjacent to an activating group) is 1. The van der Waals surface area contributed by atoms with Crippen molar-refractivity contribution in [2.24, 2.45) is 0 Å². The number of anilines is 1. The van der Waals surface area contributed by atoms with Crippen molar-refractivity contribution >= 4 is 39.1 Å². The highest BCUT2D eigenvalue weighted by atomic mass is 35.5. The van der Waals surface area contributed by atoms with Crippen LogP contribution < -0.4 is 14.4 Å². The average Bonchev–Trinajstić information content (AvgIpc) is 2.80. The summed E-state index contributed by atoms with van der Waals surface area (Å²) in [5.74, 6) is 0.0858. The van der Waals surface area contributed by atoms with Gasteiger partial charge in [-0.05, 0) is 56.2 Å². The summed E-state index contributed by atoms with van der Waals surface area (Å²) in [6.45, 7) is 4.21. The number of rotatable bonds is 12. The van der Waals surface area contributed by atoms with E-state index < -0.39 is 16.1 Å². The van der Waals surface area contributed by atoms with Crippen LogP contribution in [0.5, 0.6) is 5.75 Å². The highest BCUT2D eigenvalue weighted by Gasteiger charge is 2.27. The molecule has 1 unspecified atom stereocenters. The molecule has 0 fully saturated rings. The van der Waals surface area contributed by atoms with E-state index in [9.17, 15) is 18.0 Å². The standard InChI is InChI=1S/C24H32ClN3O5S/c1-5-26-24(30)18(2)27(17-19-9-6-7-10-22(19)25)23(29)11-8-16-28(34(4,31)32)20-12-14-21(33-3)15-13-20/h6-7,9-10,12-15,18H,5,8,11,16-17H2,1-4H3,(H,26,30). The van der Waals surface area contributed by atoms with Crippen molar-refractivity contribution in [1.29, 1.82) is 0 Å². The minimum atomic E-state index is -3.56. The Bertz CT molecular complexity index is 1080. The van der Waals surface area contributed by atoms with Gasteiger partial charge >= 0.3 is 0 Å². The predicted octanol–water partition coefficient (Wildman–Crippen LogP) is 3.45. The van der Waals surface area contributed by atoms with E-state index >= 15 is 0 Å². The minimum Gasteiger partial charge on any atom is -0.497 e. The monoisotopic (exact) mass is 509 g/mol. The van der Waals surface area contributed by atoms with Gasteiger partial charge in [-0.2, -0.15) is 0 Å². The first kappa shape index (κ1) is 27.5. The Hall–Kier alpha value is -2.78. The zero-order chi connectivity index (χ0) is 25.3. The summed E-state index contributed by atoms with van der Waals surface area (Å²) in [5.41, 5.74) is 1.21. The smallest absolute Gasteiger partial charge is 0.242 e. The lowest BCUT2D eigenvalue weighted by molar-refractivity contribution is -0.140. The Morgan fingerprint density at radius 1 is 1.12 bits per heavy atom. The summed E-state index contributed by atoms with van der Waals surface area (Å²) in [4.78, 5) is 27.1. The van der Waals surface area contributed by atoms with Crippen molar-refractivity contribution in [2.45, 2.75) is 39.3 Å². The summed E-state index contributed by atoms with van der Waals surface area (Å²) in [6.07, 6.45) is 1.47. The number of nitrogens with zero attached hydrogens (tertiary/aromatic N) is 2. The molecule has 0 saturated heterocycles. The van der Waals surface area contributed by atoms with E-state index in [-0.39, 0.29) is 37.7 Å². The number of benzene rings is 2. The van der Waals surface area contributed by atoms with Crippen LogP contribution in [-0.2, 0) is 26.2 Å². The molecule has 0 heterocycles. The van der Waals surface area contributed by atoms with E-state index in [1.807, 2.05) is 19.1 Å². The minimum absolute atomic E-state index is 0.0658. The molecule has 2 rings (SSSR count). The molecule has 186 valence electrons. The van der Waals surface area contributed by atoms with Gasteiger partial charge in [-0.3, -0.25) is 13.9 Å². The van der Waals surface area contributed by atoms with Crippen molar-refractivity contribution in [3.05, 3.63) is 59.1 Å². The van der Waals surface area contributed by atoms with Crippen LogP contribution in [0.1, 0.15) is 32.3 Å². The van der Waals surface area contributed by atoms with E-state index in [0.717, 1.165) is 11.8 Å².